The zero-order chi connectivity index (χ0) is 32.4. The number of phenols is 6. The van der Waals surface area contributed by atoms with Crippen molar-refractivity contribution in [2.75, 3.05) is 0 Å². The zero-order valence-electron chi connectivity index (χ0n) is 24.3. The van der Waals surface area contributed by atoms with E-state index in [1.54, 1.807) is 121 Å². The van der Waals surface area contributed by atoms with Gasteiger partial charge in [0.1, 0.15) is 34.5 Å². The predicted molar refractivity (Wildman–Crippen MR) is 187 cm³/mol. The number of hydrogen-bond donors (Lipinski definition) is 6. The third kappa shape index (κ3) is 22.8. The molecule has 0 bridgehead atoms. The molecule has 6 rings (SSSR count). The molecule has 6 N–H and O–H groups in total. The molecule has 2 unspecified atom stereocenters. The Morgan fingerprint density at radius 3 is 0.556 bits per heavy atom. The van der Waals surface area contributed by atoms with Gasteiger partial charge in [-0.15, -0.1) is 18.5 Å². The fourth-order valence-corrected chi connectivity index (χ4v) is 3.10. The van der Waals surface area contributed by atoms with Gasteiger partial charge in [-0.25, -0.2) is 0 Å². The Bertz CT molecular complexity index is 1290. The first-order valence-corrected chi connectivity index (χ1v) is 14.4. The molecule has 0 aliphatic rings. The van der Waals surface area contributed by atoms with Crippen LogP contribution in [0.5, 0.6) is 34.5 Å². The van der Waals surface area contributed by atoms with E-state index in [9.17, 15) is 0 Å². The first-order chi connectivity index (χ1) is 21.2. The smallest absolute Gasteiger partial charge is 0.122 e. The van der Waals surface area contributed by atoms with E-state index in [0.717, 1.165) is 10.6 Å². The summed E-state index contributed by atoms with van der Waals surface area (Å²) in [4.78, 5) is 0. The van der Waals surface area contributed by atoms with Gasteiger partial charge in [0.15, 0.2) is 0 Å². The van der Waals surface area contributed by atoms with Crippen LogP contribution < -0.4 is 10.6 Å². The van der Waals surface area contributed by atoms with Gasteiger partial charge in [0.2, 0.25) is 0 Å². The minimum Gasteiger partial charge on any atom is -0.508 e. The average Bonchev–Trinajstić information content (AvgIpc) is 3.03. The normalized spacial score (nSPS) is 8.58. The summed E-state index contributed by atoms with van der Waals surface area (Å²) >= 11 is 0. The number of rotatable bonds is 0. The molecule has 238 valence electrons. The molecule has 0 amide bonds. The number of hydrogen-bond acceptors (Lipinski definition) is 6. The molecular formula is C36H38O6P2Pd. The van der Waals surface area contributed by atoms with Crippen molar-refractivity contribution in [2.24, 2.45) is 0 Å². The van der Waals surface area contributed by atoms with E-state index >= 15 is 0 Å². The summed E-state index contributed by atoms with van der Waals surface area (Å²) < 4.78 is 0. The van der Waals surface area contributed by atoms with Crippen LogP contribution in [0.25, 0.3) is 0 Å². The van der Waals surface area contributed by atoms with Crippen molar-refractivity contribution in [3.63, 3.8) is 0 Å². The predicted octanol–water partition coefficient (Wildman–Crippen LogP) is 7.35. The molecule has 0 fully saturated rings. The molecule has 0 heterocycles. The van der Waals surface area contributed by atoms with Gasteiger partial charge in [0.05, 0.1) is 0 Å². The Kier molecular flexibility index (Phi) is 23.6. The number of para-hydroxylation sites is 6. The minimum atomic E-state index is 0. The van der Waals surface area contributed by atoms with Gasteiger partial charge in [-0.05, 0) is 60.7 Å². The van der Waals surface area contributed by atoms with E-state index in [2.05, 4.69) is 18.5 Å². The molecule has 9 heteroatoms. The molecular weight excluding hydrogens is 697 g/mol. The van der Waals surface area contributed by atoms with Gasteiger partial charge in [0, 0.05) is 31.0 Å². The molecule has 0 aliphatic carbocycles. The summed E-state index contributed by atoms with van der Waals surface area (Å²) in [5.74, 6) is 1.95. The van der Waals surface area contributed by atoms with Gasteiger partial charge >= 0.3 is 0 Å². The summed E-state index contributed by atoms with van der Waals surface area (Å²) in [6, 6.07) is 49.2. The Balaban J connectivity index is 0.000000514. The number of aromatic hydroxyl groups is 6. The van der Waals surface area contributed by atoms with Crippen LogP contribution in [0.3, 0.4) is 0 Å². The second-order valence-corrected chi connectivity index (χ2v) is 9.70. The molecule has 2 atom stereocenters. The number of benzene rings is 6. The Labute approximate surface area is 283 Å². The third-order valence-corrected chi connectivity index (χ3v) is 5.87. The van der Waals surface area contributed by atoms with Crippen molar-refractivity contribution in [3.05, 3.63) is 170 Å². The monoisotopic (exact) mass is 734 g/mol. The van der Waals surface area contributed by atoms with Crippen LogP contribution in [0.4, 0.5) is 0 Å². The van der Waals surface area contributed by atoms with Crippen molar-refractivity contribution in [1.82, 2.24) is 0 Å². The second-order valence-electron chi connectivity index (χ2n) is 8.46. The summed E-state index contributed by atoms with van der Waals surface area (Å²) in [6.07, 6.45) is 0. The van der Waals surface area contributed by atoms with E-state index in [1.807, 2.05) is 48.5 Å². The molecule has 0 aromatic heterocycles. The average molecular weight is 735 g/mol. The van der Waals surface area contributed by atoms with Gasteiger partial charge in [-0.1, -0.05) is 109 Å². The van der Waals surface area contributed by atoms with E-state index < -0.39 is 0 Å². The van der Waals surface area contributed by atoms with Gasteiger partial charge < -0.3 is 30.6 Å². The quantitative estimate of drug-likeness (QED) is 0.0718. The molecule has 6 aromatic carbocycles. The molecule has 0 spiro atoms. The fraction of sp³-hybridized carbons (Fsp3) is 0. The van der Waals surface area contributed by atoms with Crippen LogP contribution >= 0.6 is 18.5 Å². The van der Waals surface area contributed by atoms with Crippen molar-refractivity contribution < 1.29 is 51.1 Å². The van der Waals surface area contributed by atoms with Crippen LogP contribution in [0, 0.1) is 0 Å². The van der Waals surface area contributed by atoms with E-state index in [0.29, 0.717) is 34.5 Å². The fourth-order valence-electron chi connectivity index (χ4n) is 2.69. The van der Waals surface area contributed by atoms with Crippen LogP contribution in [0.15, 0.2) is 170 Å². The Morgan fingerprint density at radius 2 is 0.444 bits per heavy atom. The summed E-state index contributed by atoms with van der Waals surface area (Å²) in [6.45, 7) is 0. The standard InChI is InChI=1S/2C6H7OP.4C6H6O.Pd/c2*7-5-3-1-2-4-6(5)8;4*7-6-4-2-1-3-5-6;/h2*1-4,7H,8H2;4*1-5,7H;. The van der Waals surface area contributed by atoms with E-state index in [-0.39, 0.29) is 20.4 Å². The molecule has 0 saturated heterocycles. The van der Waals surface area contributed by atoms with Crippen molar-refractivity contribution in [3.8, 4) is 34.5 Å². The SMILES string of the molecule is Oc1ccccc1.Oc1ccccc1.Oc1ccccc1.Oc1ccccc1.Oc1ccccc1P.Oc1ccccc1P.[Pd]. The van der Waals surface area contributed by atoms with Crippen LogP contribution in [0.1, 0.15) is 0 Å². The van der Waals surface area contributed by atoms with Gasteiger partial charge in [-0.2, -0.15) is 0 Å². The third-order valence-electron chi connectivity index (χ3n) is 4.90. The molecule has 45 heavy (non-hydrogen) atoms. The topological polar surface area (TPSA) is 121 Å². The van der Waals surface area contributed by atoms with Crippen LogP contribution in [-0.4, -0.2) is 30.6 Å². The molecule has 6 aromatic rings. The summed E-state index contributed by atoms with van der Waals surface area (Å²) in [7, 11) is 4.87. The first-order valence-electron chi connectivity index (χ1n) is 13.2. The maximum Gasteiger partial charge on any atom is 0.122 e. The van der Waals surface area contributed by atoms with Crippen molar-refractivity contribution in [1.29, 1.82) is 0 Å². The minimum absolute atomic E-state index is 0. The van der Waals surface area contributed by atoms with Crippen molar-refractivity contribution in [2.45, 2.75) is 0 Å². The maximum atomic E-state index is 8.90. The number of phenolic OH excluding ortho intramolecular Hbond substituents is 6. The van der Waals surface area contributed by atoms with Gasteiger partial charge in [0.25, 0.3) is 0 Å². The van der Waals surface area contributed by atoms with Crippen LogP contribution in [-0.2, 0) is 20.4 Å². The van der Waals surface area contributed by atoms with E-state index in [1.165, 1.54) is 0 Å². The first kappa shape index (κ1) is 40.6. The second kappa shape index (κ2) is 26.1. The molecule has 6 nitrogen and oxygen atoms in total. The largest absolute Gasteiger partial charge is 0.508 e. The molecule has 0 aliphatic heterocycles. The van der Waals surface area contributed by atoms with E-state index in [4.69, 9.17) is 30.6 Å². The van der Waals surface area contributed by atoms with Gasteiger partial charge in [-0.3, -0.25) is 0 Å². The summed E-state index contributed by atoms with van der Waals surface area (Å²) in [5, 5.41) is 54.0. The maximum absolute atomic E-state index is 8.90. The summed E-state index contributed by atoms with van der Waals surface area (Å²) in [5.41, 5.74) is 0. The Morgan fingerprint density at radius 1 is 0.267 bits per heavy atom. The van der Waals surface area contributed by atoms with Crippen LogP contribution in [0.2, 0.25) is 0 Å². The molecule has 0 saturated carbocycles. The zero-order valence-corrected chi connectivity index (χ0v) is 28.2. The molecule has 0 radical (unpaired) electrons. The Hall–Kier alpha value is -4.36. The van der Waals surface area contributed by atoms with Crippen molar-refractivity contribution >= 4 is 29.1 Å².